The molecule has 3 fully saturated rings. The van der Waals surface area contributed by atoms with Crippen molar-refractivity contribution < 1.29 is 23.0 Å². The van der Waals surface area contributed by atoms with Gasteiger partial charge in [0.2, 0.25) is 0 Å². The first-order chi connectivity index (χ1) is 28.3. The fraction of sp³-hybridized carbons (Fsp3) is 0.533. The molecule has 0 saturated carbocycles. The second-order valence-corrected chi connectivity index (χ2v) is 22.8. The summed E-state index contributed by atoms with van der Waals surface area (Å²) in [6, 6.07) is 11.4. The number of benzene rings is 2. The molecule has 0 radical (unpaired) electrons. The molecule has 3 aliphatic rings. The van der Waals surface area contributed by atoms with Gasteiger partial charge in [0.05, 0.1) is 29.5 Å². The number of anilines is 1. The number of pyridine rings is 1. The molecule has 0 N–H and O–H groups in total. The lowest BCUT2D eigenvalue weighted by Crippen LogP contribution is -2.51. The minimum atomic E-state index is -2.14. The van der Waals surface area contributed by atoms with E-state index in [0.29, 0.717) is 71.7 Å². The average molecular weight is 821 g/mol. The van der Waals surface area contributed by atoms with Gasteiger partial charge in [0, 0.05) is 62.4 Å². The second kappa shape index (κ2) is 17.3. The SMILES string of the molecule is COCOc1cc(-c2ncc3c(N4CCN(C#N)[C@@H](CC#N)C4)nc(OC[C@@]45CCCN4C[C@H](F)C5)nc3c2F)c2c(C#C[Si](C(C)C)(C(C)C)C(C)C)cccc2c1. The smallest absolute Gasteiger partial charge is 0.319 e. The van der Waals surface area contributed by atoms with Gasteiger partial charge in [-0.3, -0.25) is 9.88 Å². The van der Waals surface area contributed by atoms with Crippen molar-refractivity contribution in [1.29, 1.82) is 10.5 Å². The summed E-state index contributed by atoms with van der Waals surface area (Å²) in [6.45, 7) is 16.0. The van der Waals surface area contributed by atoms with Gasteiger partial charge in [-0.1, -0.05) is 59.6 Å². The molecular weight excluding hydrogens is 767 g/mol. The molecule has 14 heteroatoms. The third-order valence-electron chi connectivity index (χ3n) is 12.9. The molecule has 7 rings (SSSR count). The number of aromatic nitrogens is 3. The molecule has 3 aliphatic heterocycles. The van der Waals surface area contributed by atoms with Gasteiger partial charge in [-0.15, -0.1) is 5.54 Å². The van der Waals surface area contributed by atoms with Gasteiger partial charge in [0.25, 0.3) is 0 Å². The average Bonchev–Trinajstić information content (AvgIpc) is 3.74. The van der Waals surface area contributed by atoms with Crippen molar-refractivity contribution >= 4 is 35.6 Å². The molecule has 0 aliphatic carbocycles. The van der Waals surface area contributed by atoms with E-state index in [-0.39, 0.29) is 43.1 Å². The van der Waals surface area contributed by atoms with Gasteiger partial charge in [-0.25, -0.2) is 8.78 Å². The maximum Gasteiger partial charge on any atom is 0.319 e. The van der Waals surface area contributed by atoms with Crippen LogP contribution in [0.1, 0.15) is 72.8 Å². The highest BCUT2D eigenvalue weighted by molar-refractivity contribution is 6.90. The van der Waals surface area contributed by atoms with E-state index in [0.717, 1.165) is 35.7 Å². The molecule has 2 aromatic heterocycles. The Hall–Kier alpha value is -5.07. The number of piperazine rings is 1. The highest BCUT2D eigenvalue weighted by Gasteiger charge is 2.49. The van der Waals surface area contributed by atoms with E-state index in [9.17, 15) is 14.9 Å². The number of nitriles is 2. The number of hydrogen-bond acceptors (Lipinski definition) is 11. The van der Waals surface area contributed by atoms with Crippen LogP contribution in [0.5, 0.6) is 11.8 Å². The summed E-state index contributed by atoms with van der Waals surface area (Å²) >= 11 is 0. The van der Waals surface area contributed by atoms with Crippen molar-refractivity contribution in [3.8, 4) is 46.7 Å². The lowest BCUT2D eigenvalue weighted by Gasteiger charge is -2.38. The largest absolute Gasteiger partial charge is 0.468 e. The van der Waals surface area contributed by atoms with Gasteiger partial charge >= 0.3 is 6.01 Å². The first-order valence-electron chi connectivity index (χ1n) is 20.7. The lowest BCUT2D eigenvalue weighted by molar-refractivity contribution is 0.0512. The Morgan fingerprint density at radius 2 is 1.78 bits per heavy atom. The molecule has 11 nitrogen and oxygen atoms in total. The Labute approximate surface area is 347 Å². The predicted molar refractivity (Wildman–Crippen MR) is 228 cm³/mol. The molecule has 5 heterocycles. The quantitative estimate of drug-likeness (QED) is 0.0593. The van der Waals surface area contributed by atoms with E-state index in [2.05, 4.69) is 70.2 Å². The number of alkyl halides is 1. The lowest BCUT2D eigenvalue weighted by atomic mass is 9.95. The molecule has 0 bridgehead atoms. The molecule has 310 valence electrons. The topological polar surface area (TPSA) is 124 Å². The standard InChI is InChI=1S/C45H54F2N8O3Si/c1-29(2)59(30(3)4,31(5)6)19-13-32-10-8-11-33-20-36(58-28-56-7)21-37(39(32)33)41-40(47)42-38(23-50-41)43(53-17-18-54(27-49)35(25-53)12-15-48)52-44(51-42)57-26-45-14-9-16-55(45)24-34(46)22-45/h8,10-11,20-21,23,29-31,34-35H,9,12,14,16-18,22,24-26,28H2,1-7H3/t34-,35+,45+/m1/s1. The zero-order valence-corrected chi connectivity index (χ0v) is 36.2. The van der Waals surface area contributed by atoms with E-state index < -0.39 is 25.6 Å². The first-order valence-corrected chi connectivity index (χ1v) is 23.0. The van der Waals surface area contributed by atoms with Crippen molar-refractivity contribution in [2.75, 3.05) is 58.1 Å². The highest BCUT2D eigenvalue weighted by atomic mass is 28.3. The number of hydrogen-bond donors (Lipinski definition) is 0. The molecule has 4 aromatic rings. The Morgan fingerprint density at radius 3 is 2.49 bits per heavy atom. The Balaban J connectivity index is 1.41. The summed E-state index contributed by atoms with van der Waals surface area (Å²) in [5, 5.41) is 21.3. The van der Waals surface area contributed by atoms with Crippen molar-refractivity contribution in [2.24, 2.45) is 0 Å². The number of ether oxygens (including phenoxy) is 3. The molecule has 0 unspecified atom stereocenters. The number of fused-ring (bicyclic) bond motifs is 3. The fourth-order valence-corrected chi connectivity index (χ4v) is 15.3. The second-order valence-electron chi connectivity index (χ2n) is 17.2. The van der Waals surface area contributed by atoms with Gasteiger partial charge in [0.15, 0.2) is 18.8 Å². The molecule has 2 aromatic carbocycles. The molecular formula is C45H54F2N8O3Si. The maximum atomic E-state index is 17.7. The van der Waals surface area contributed by atoms with Crippen LogP contribution in [0.2, 0.25) is 16.6 Å². The Kier molecular flexibility index (Phi) is 12.3. The summed E-state index contributed by atoms with van der Waals surface area (Å²) in [6.07, 6.45) is 5.06. The number of rotatable bonds is 12. The van der Waals surface area contributed by atoms with E-state index in [1.165, 1.54) is 0 Å². The fourth-order valence-electron chi connectivity index (χ4n) is 10.1. The molecule has 0 spiro atoms. The molecule has 3 saturated heterocycles. The maximum absolute atomic E-state index is 17.7. The van der Waals surface area contributed by atoms with E-state index in [4.69, 9.17) is 29.2 Å². The summed E-state index contributed by atoms with van der Waals surface area (Å²) in [4.78, 5) is 20.1. The van der Waals surface area contributed by atoms with Gasteiger partial charge < -0.3 is 24.0 Å². The predicted octanol–water partition coefficient (Wildman–Crippen LogP) is 8.38. The summed E-state index contributed by atoms with van der Waals surface area (Å²) in [7, 11) is -0.595. The van der Waals surface area contributed by atoms with E-state index in [1.807, 2.05) is 29.2 Å². The van der Waals surface area contributed by atoms with Crippen molar-refractivity contribution in [3.05, 3.63) is 47.9 Å². The van der Waals surface area contributed by atoms with Gasteiger partial charge in [-0.2, -0.15) is 20.5 Å². The minimum absolute atomic E-state index is 0.00538. The van der Waals surface area contributed by atoms with Crippen molar-refractivity contribution in [2.45, 2.75) is 102 Å². The zero-order valence-electron chi connectivity index (χ0n) is 35.2. The van der Waals surface area contributed by atoms with Gasteiger partial charge in [0.1, 0.15) is 43.6 Å². The number of nitrogens with zero attached hydrogens (tertiary/aromatic N) is 8. The van der Waals surface area contributed by atoms with E-state index >= 15 is 4.39 Å². The van der Waals surface area contributed by atoms with Crippen LogP contribution < -0.4 is 14.4 Å². The van der Waals surface area contributed by atoms with Crippen LogP contribution in [-0.4, -0.2) is 104 Å². The Morgan fingerprint density at radius 1 is 1.00 bits per heavy atom. The minimum Gasteiger partial charge on any atom is -0.468 e. The molecule has 3 atom stereocenters. The summed E-state index contributed by atoms with van der Waals surface area (Å²) in [5.74, 6) is 3.81. The summed E-state index contributed by atoms with van der Waals surface area (Å²) < 4.78 is 50.0. The highest BCUT2D eigenvalue weighted by Crippen LogP contribution is 2.43. The zero-order chi connectivity index (χ0) is 42.1. The monoisotopic (exact) mass is 820 g/mol. The van der Waals surface area contributed by atoms with Crippen LogP contribution in [0.3, 0.4) is 0 Å². The van der Waals surface area contributed by atoms with Gasteiger partial charge in [-0.05, 0) is 59.6 Å². The normalized spacial score (nSPS) is 20.9. The van der Waals surface area contributed by atoms with Crippen LogP contribution >= 0.6 is 0 Å². The van der Waals surface area contributed by atoms with E-state index in [1.54, 1.807) is 24.3 Å². The molecule has 59 heavy (non-hydrogen) atoms. The third-order valence-corrected chi connectivity index (χ3v) is 19.2. The van der Waals surface area contributed by atoms with Crippen LogP contribution in [0, 0.1) is 40.1 Å². The first kappa shape index (κ1) is 42.1. The third kappa shape index (κ3) is 7.89. The van der Waals surface area contributed by atoms with Crippen LogP contribution in [0.15, 0.2) is 36.5 Å². The van der Waals surface area contributed by atoms with Crippen LogP contribution in [-0.2, 0) is 4.74 Å². The Bertz CT molecular complexity index is 2330. The van der Waals surface area contributed by atoms with Crippen LogP contribution in [0.25, 0.3) is 32.9 Å². The summed E-state index contributed by atoms with van der Waals surface area (Å²) in [5.41, 5.74) is 5.96. The number of halogens is 2. The molecule has 0 amide bonds. The number of methoxy groups -OCH3 is 1. The van der Waals surface area contributed by atoms with Crippen molar-refractivity contribution in [3.63, 3.8) is 0 Å². The van der Waals surface area contributed by atoms with Crippen molar-refractivity contribution in [1.82, 2.24) is 24.8 Å². The van der Waals surface area contributed by atoms with Crippen LogP contribution in [0.4, 0.5) is 14.6 Å².